The fourth-order valence-electron chi connectivity index (χ4n) is 5.13. The van der Waals surface area contributed by atoms with Crippen LogP contribution in [0.25, 0.3) is 0 Å². The van der Waals surface area contributed by atoms with Crippen LogP contribution in [0.4, 0.5) is 4.79 Å². The summed E-state index contributed by atoms with van der Waals surface area (Å²) >= 11 is 0. The number of amides is 3. The van der Waals surface area contributed by atoms with E-state index in [0.29, 0.717) is 13.1 Å². The van der Waals surface area contributed by atoms with Crippen molar-refractivity contribution in [1.29, 1.82) is 0 Å². The summed E-state index contributed by atoms with van der Waals surface area (Å²) in [4.78, 5) is 31.5. The summed E-state index contributed by atoms with van der Waals surface area (Å²) < 4.78 is 0. The summed E-state index contributed by atoms with van der Waals surface area (Å²) in [5.41, 5.74) is 0.217. The summed E-state index contributed by atoms with van der Waals surface area (Å²) in [6.07, 6.45) is 2.89. The van der Waals surface area contributed by atoms with E-state index in [-0.39, 0.29) is 30.9 Å². The van der Waals surface area contributed by atoms with Crippen molar-refractivity contribution in [3.05, 3.63) is 71.8 Å². The van der Waals surface area contributed by atoms with Crippen molar-refractivity contribution >= 4 is 11.9 Å². The lowest BCUT2D eigenvalue weighted by Crippen LogP contribution is -3.14. The third-order valence-electron chi connectivity index (χ3n) is 6.60. The lowest BCUT2D eigenvalue weighted by Gasteiger charge is -2.37. The SMILES string of the molecule is CCN1C(=O)N(CC(O)C[NH+]2CCCCC2)C(c2ccccc2)(c2ccccc2)C1=O.[Cl-]. The van der Waals surface area contributed by atoms with Crippen LogP contribution in [0.15, 0.2) is 60.7 Å². The van der Waals surface area contributed by atoms with Gasteiger partial charge in [0, 0.05) is 6.54 Å². The number of aliphatic hydroxyl groups excluding tert-OH is 1. The molecule has 0 saturated carbocycles. The van der Waals surface area contributed by atoms with Crippen LogP contribution < -0.4 is 17.3 Å². The number of quaternary nitrogens is 1. The monoisotopic (exact) mass is 457 g/mol. The zero-order chi connectivity index (χ0) is 21.8. The average Bonchev–Trinajstić information content (AvgIpc) is 3.02. The molecule has 7 heteroatoms. The van der Waals surface area contributed by atoms with Gasteiger partial charge in [0.15, 0.2) is 5.54 Å². The van der Waals surface area contributed by atoms with Crippen molar-refractivity contribution in [3.8, 4) is 0 Å². The van der Waals surface area contributed by atoms with Crippen LogP contribution in [0, 0.1) is 0 Å². The summed E-state index contributed by atoms with van der Waals surface area (Å²) in [5, 5.41) is 11.0. The van der Waals surface area contributed by atoms with Gasteiger partial charge in [0.1, 0.15) is 12.6 Å². The van der Waals surface area contributed by atoms with Gasteiger partial charge in [-0.15, -0.1) is 0 Å². The topological polar surface area (TPSA) is 65.3 Å². The Kier molecular flexibility index (Phi) is 7.93. The molecular formula is C25H32ClN3O3. The Hall–Kier alpha value is -2.41. The van der Waals surface area contributed by atoms with E-state index in [1.165, 1.54) is 29.1 Å². The smallest absolute Gasteiger partial charge is 0.328 e. The molecule has 0 bridgehead atoms. The number of halogens is 1. The normalized spacial score (nSPS) is 19.7. The molecule has 2 heterocycles. The summed E-state index contributed by atoms with van der Waals surface area (Å²) in [7, 11) is 0. The number of nitrogens with zero attached hydrogens (tertiary/aromatic N) is 2. The quantitative estimate of drug-likeness (QED) is 0.505. The van der Waals surface area contributed by atoms with Gasteiger partial charge in [-0.1, -0.05) is 60.7 Å². The second-order valence-electron chi connectivity index (χ2n) is 8.55. The predicted molar refractivity (Wildman–Crippen MR) is 119 cm³/mol. The summed E-state index contributed by atoms with van der Waals surface area (Å²) in [6, 6.07) is 18.6. The van der Waals surface area contributed by atoms with Gasteiger partial charge in [-0.05, 0) is 37.3 Å². The minimum atomic E-state index is -1.27. The Morgan fingerprint density at radius 2 is 1.47 bits per heavy atom. The number of likely N-dealkylation sites (tertiary alicyclic amines) is 1. The number of rotatable bonds is 7. The van der Waals surface area contributed by atoms with E-state index < -0.39 is 11.6 Å². The molecule has 2 fully saturated rings. The molecule has 1 unspecified atom stereocenters. The Labute approximate surface area is 196 Å². The van der Waals surface area contributed by atoms with Gasteiger partial charge in [0.25, 0.3) is 5.91 Å². The van der Waals surface area contributed by atoms with Crippen molar-refractivity contribution in [2.75, 3.05) is 32.7 Å². The van der Waals surface area contributed by atoms with Gasteiger partial charge in [-0.25, -0.2) is 4.79 Å². The van der Waals surface area contributed by atoms with Gasteiger partial charge in [-0.2, -0.15) is 0 Å². The van der Waals surface area contributed by atoms with Crippen molar-refractivity contribution in [3.63, 3.8) is 0 Å². The average molecular weight is 458 g/mol. The largest absolute Gasteiger partial charge is 1.00 e. The maximum absolute atomic E-state index is 13.8. The summed E-state index contributed by atoms with van der Waals surface area (Å²) in [5.74, 6) is -0.255. The molecule has 2 aromatic rings. The number of likely N-dealkylation sites (N-methyl/N-ethyl adjacent to an activating group) is 1. The lowest BCUT2D eigenvalue weighted by molar-refractivity contribution is -0.907. The van der Waals surface area contributed by atoms with Crippen LogP contribution >= 0.6 is 0 Å². The molecule has 2 aliphatic rings. The van der Waals surface area contributed by atoms with Crippen LogP contribution in [0.3, 0.4) is 0 Å². The number of β-amino-alcohol motifs (C(OH)–C–C–N with tert-alkyl or cyclic N) is 1. The van der Waals surface area contributed by atoms with E-state index in [4.69, 9.17) is 0 Å². The Balaban J connectivity index is 0.00000289. The van der Waals surface area contributed by atoms with Crippen LogP contribution in [0.1, 0.15) is 37.3 Å². The second kappa shape index (κ2) is 10.5. The first kappa shape index (κ1) is 24.2. The minimum absolute atomic E-state index is 0. The first-order valence-electron chi connectivity index (χ1n) is 11.3. The number of benzene rings is 2. The molecule has 0 spiro atoms. The standard InChI is InChI=1S/C25H31N3O3.ClH/c1-2-27-23(30)25(20-12-6-3-7-13-20,21-14-8-4-9-15-21)28(24(27)31)19-22(29)18-26-16-10-5-11-17-26;/h3-4,6-9,12-15,22,29H,2,5,10-11,16-19H2,1H3;1H. The molecule has 0 radical (unpaired) electrons. The Bertz CT molecular complexity index is 864. The van der Waals surface area contributed by atoms with Crippen LogP contribution in [0.2, 0.25) is 0 Å². The molecule has 0 aliphatic carbocycles. The zero-order valence-corrected chi connectivity index (χ0v) is 19.3. The molecule has 172 valence electrons. The van der Waals surface area contributed by atoms with Crippen LogP contribution in [-0.4, -0.2) is 65.7 Å². The van der Waals surface area contributed by atoms with E-state index in [0.717, 1.165) is 24.2 Å². The van der Waals surface area contributed by atoms with E-state index in [1.54, 1.807) is 4.90 Å². The van der Waals surface area contributed by atoms with Gasteiger partial charge in [0.2, 0.25) is 0 Å². The van der Waals surface area contributed by atoms with E-state index >= 15 is 0 Å². The van der Waals surface area contributed by atoms with E-state index in [9.17, 15) is 14.7 Å². The van der Waals surface area contributed by atoms with Gasteiger partial charge in [-0.3, -0.25) is 14.6 Å². The number of aliphatic hydroxyl groups is 1. The maximum atomic E-state index is 13.8. The third-order valence-corrected chi connectivity index (χ3v) is 6.60. The predicted octanol–water partition coefficient (Wildman–Crippen LogP) is -1.35. The highest BCUT2D eigenvalue weighted by Gasteiger charge is 2.59. The van der Waals surface area contributed by atoms with Gasteiger partial charge < -0.3 is 22.4 Å². The molecular weight excluding hydrogens is 426 g/mol. The third kappa shape index (κ3) is 4.27. The highest BCUT2D eigenvalue weighted by molar-refractivity contribution is 6.09. The maximum Gasteiger partial charge on any atom is 0.328 e. The molecule has 0 aromatic heterocycles. The fourth-order valence-corrected chi connectivity index (χ4v) is 5.13. The molecule has 4 rings (SSSR count). The number of hydrogen-bond acceptors (Lipinski definition) is 3. The highest BCUT2D eigenvalue weighted by Crippen LogP contribution is 2.43. The molecule has 2 N–H and O–H groups in total. The molecule has 6 nitrogen and oxygen atoms in total. The number of imide groups is 1. The van der Waals surface area contributed by atoms with Gasteiger partial charge >= 0.3 is 6.03 Å². The van der Waals surface area contributed by atoms with Crippen LogP contribution in [0.5, 0.6) is 0 Å². The molecule has 3 amide bonds. The number of hydrogen-bond donors (Lipinski definition) is 2. The first-order chi connectivity index (χ1) is 15.1. The number of piperidine rings is 1. The molecule has 32 heavy (non-hydrogen) atoms. The molecule has 1 atom stereocenters. The molecule has 2 aliphatic heterocycles. The first-order valence-corrected chi connectivity index (χ1v) is 11.3. The fraction of sp³-hybridized carbons (Fsp3) is 0.440. The number of nitrogens with one attached hydrogen (secondary N) is 1. The van der Waals surface area contributed by atoms with Crippen molar-refractivity contribution in [2.45, 2.75) is 37.8 Å². The number of carbonyl (C=O) groups is 2. The second-order valence-corrected chi connectivity index (χ2v) is 8.55. The minimum Gasteiger partial charge on any atom is -1.00 e. The van der Waals surface area contributed by atoms with E-state index in [1.807, 2.05) is 67.6 Å². The van der Waals surface area contributed by atoms with Crippen molar-refractivity contribution < 1.29 is 32.0 Å². The highest BCUT2D eigenvalue weighted by atomic mass is 35.5. The molecule has 2 saturated heterocycles. The molecule has 2 aromatic carbocycles. The Morgan fingerprint density at radius 1 is 0.938 bits per heavy atom. The van der Waals surface area contributed by atoms with Gasteiger partial charge in [0.05, 0.1) is 19.6 Å². The van der Waals surface area contributed by atoms with Crippen molar-refractivity contribution in [1.82, 2.24) is 9.80 Å². The number of urea groups is 1. The number of carbonyl (C=O) groups excluding carboxylic acids is 2. The van der Waals surface area contributed by atoms with E-state index in [2.05, 4.69) is 0 Å². The summed E-state index contributed by atoms with van der Waals surface area (Å²) in [6.45, 7) is 4.91. The lowest BCUT2D eigenvalue weighted by atomic mass is 9.81. The Morgan fingerprint density at radius 3 is 1.97 bits per heavy atom. The van der Waals surface area contributed by atoms with Crippen molar-refractivity contribution in [2.24, 2.45) is 0 Å². The van der Waals surface area contributed by atoms with Crippen LogP contribution in [-0.2, 0) is 10.3 Å². The zero-order valence-electron chi connectivity index (χ0n) is 18.5.